The smallest absolute Gasteiger partial charge is 0.416 e. The van der Waals surface area contributed by atoms with Crippen LogP contribution in [0.2, 0.25) is 0 Å². The van der Waals surface area contributed by atoms with E-state index in [4.69, 9.17) is 4.74 Å². The number of aliphatic imine (C=N–C) groups is 1. The SMILES string of the molecule is COc1c(F)c(F)c([C@H](CC(=O)N2CCOC2=O)[C@@H](N=C(c2ccccc2)c2ccccc2[N-]C(=O)[C@@H]2CCCN2Cc2ccccc2)C(=O)O)c(F)c1F.[Ni]. The summed E-state index contributed by atoms with van der Waals surface area (Å²) in [5.41, 5.74) is -0.0370. The molecule has 296 valence electrons. The third-order valence-corrected chi connectivity index (χ3v) is 9.50. The van der Waals surface area contributed by atoms with Gasteiger partial charge in [0.15, 0.2) is 23.4 Å². The predicted molar refractivity (Wildman–Crippen MR) is 191 cm³/mol. The van der Waals surface area contributed by atoms with Crippen LogP contribution in [0.5, 0.6) is 5.75 Å². The Hall–Kier alpha value is -5.60. The standard InChI is InChI=1S/C40H36F4N4O7.Ni/c1-54-37-33(43)31(41)30(32(42)34(37)44)26(21-29(49)48-19-20-55-40(48)53)36(39(51)52)46-35(24-13-6-3-7-14-24)25-15-8-9-16-27(25)45-38(50)28-17-10-18-47(28)22-23-11-4-2-5-12-23;/h2-9,11-16,26,28,36H,10,17-22H2,1H3,(H2,45,46,50,51,52);/p-1/t26-,28-,36+;/m0./s1. The van der Waals surface area contributed by atoms with Crippen molar-refractivity contribution in [2.75, 3.05) is 26.8 Å². The maximum atomic E-state index is 15.8. The van der Waals surface area contributed by atoms with Crippen molar-refractivity contribution in [1.29, 1.82) is 0 Å². The van der Waals surface area contributed by atoms with E-state index in [2.05, 4.69) is 15.0 Å². The summed E-state index contributed by atoms with van der Waals surface area (Å²) >= 11 is 0. The van der Waals surface area contributed by atoms with E-state index in [0.29, 0.717) is 24.4 Å². The second-order valence-electron chi connectivity index (χ2n) is 12.9. The normalized spacial score (nSPS) is 16.8. The van der Waals surface area contributed by atoms with E-state index >= 15 is 17.6 Å². The molecule has 4 aromatic rings. The molecule has 1 N–H and O–H groups in total. The first-order valence-corrected chi connectivity index (χ1v) is 17.4. The molecule has 2 aliphatic rings. The Balaban J connectivity index is 0.00000600. The molecule has 0 radical (unpaired) electrons. The largest absolute Gasteiger partial charge is 0.625 e. The number of rotatable bonds is 13. The molecule has 0 saturated carbocycles. The summed E-state index contributed by atoms with van der Waals surface area (Å²) in [5, 5.41) is 15.1. The van der Waals surface area contributed by atoms with Crippen LogP contribution in [0.15, 0.2) is 89.9 Å². The van der Waals surface area contributed by atoms with E-state index in [1.165, 1.54) is 12.1 Å². The summed E-state index contributed by atoms with van der Waals surface area (Å²) in [7, 11) is 0.775. The van der Waals surface area contributed by atoms with Crippen LogP contribution in [0.3, 0.4) is 0 Å². The minimum atomic E-state index is -2.31. The van der Waals surface area contributed by atoms with Crippen LogP contribution in [0.1, 0.15) is 47.4 Å². The minimum absolute atomic E-state index is 0. The molecule has 2 heterocycles. The topological polar surface area (TPSA) is 140 Å². The first-order valence-electron chi connectivity index (χ1n) is 17.4. The van der Waals surface area contributed by atoms with Gasteiger partial charge in [-0.15, -0.1) is 5.69 Å². The molecule has 0 unspecified atom stereocenters. The molecule has 56 heavy (non-hydrogen) atoms. The molecule has 0 bridgehead atoms. The Bertz CT molecular complexity index is 2100. The van der Waals surface area contributed by atoms with Crippen LogP contribution in [0.4, 0.5) is 28.0 Å². The Kier molecular flexibility index (Phi) is 13.6. The number of carboxylic acid groups (broad SMARTS) is 1. The molecule has 11 nitrogen and oxygen atoms in total. The molecule has 3 amide bonds. The van der Waals surface area contributed by atoms with Gasteiger partial charge in [0.1, 0.15) is 6.61 Å². The zero-order valence-corrected chi connectivity index (χ0v) is 30.8. The van der Waals surface area contributed by atoms with Gasteiger partial charge >= 0.3 is 12.1 Å². The molecule has 3 atom stereocenters. The number of likely N-dealkylation sites (tertiary alicyclic amines) is 1. The summed E-state index contributed by atoms with van der Waals surface area (Å²) in [5.74, 6) is -15.0. The van der Waals surface area contributed by atoms with Crippen molar-refractivity contribution in [3.63, 3.8) is 0 Å². The Morgan fingerprint density at radius 3 is 2.14 bits per heavy atom. The predicted octanol–water partition coefficient (Wildman–Crippen LogP) is 6.89. The number of benzene rings is 4. The quantitative estimate of drug-likeness (QED) is 0.0667. The number of carbonyl (C=O) groups is 4. The van der Waals surface area contributed by atoms with Gasteiger partial charge in [-0.05, 0) is 30.5 Å². The Morgan fingerprint density at radius 1 is 0.911 bits per heavy atom. The maximum absolute atomic E-state index is 15.8. The summed E-state index contributed by atoms with van der Waals surface area (Å²) < 4.78 is 71.2. The number of nitrogens with zero attached hydrogens (tertiary/aromatic N) is 4. The average Bonchev–Trinajstić information content (AvgIpc) is 3.84. The van der Waals surface area contributed by atoms with Crippen LogP contribution in [-0.4, -0.2) is 83.4 Å². The number of methoxy groups -OCH3 is 1. The van der Waals surface area contributed by atoms with E-state index < -0.39 is 82.9 Å². The van der Waals surface area contributed by atoms with Gasteiger partial charge in [-0.2, -0.15) is 8.78 Å². The molecular formula is C40H35F4N4NiO7-. The van der Waals surface area contributed by atoms with E-state index in [1.54, 1.807) is 42.5 Å². The third-order valence-electron chi connectivity index (χ3n) is 9.50. The molecular weight excluding hydrogens is 783 g/mol. The Labute approximate surface area is 329 Å². The van der Waals surface area contributed by atoms with Gasteiger partial charge in [0, 0.05) is 46.5 Å². The fourth-order valence-electron chi connectivity index (χ4n) is 6.85. The monoisotopic (exact) mass is 817 g/mol. The molecule has 6 rings (SSSR count). The molecule has 2 fully saturated rings. The van der Waals surface area contributed by atoms with Crippen LogP contribution in [0.25, 0.3) is 5.32 Å². The number of imide groups is 1. The van der Waals surface area contributed by atoms with Gasteiger partial charge in [-0.1, -0.05) is 84.9 Å². The zero-order chi connectivity index (χ0) is 39.2. The molecule has 0 aromatic heterocycles. The van der Waals surface area contributed by atoms with Crippen molar-refractivity contribution in [2.24, 2.45) is 4.99 Å². The first-order chi connectivity index (χ1) is 26.5. The van der Waals surface area contributed by atoms with Gasteiger partial charge in [0.05, 0.1) is 31.3 Å². The number of halogens is 4. The van der Waals surface area contributed by atoms with Gasteiger partial charge in [0.25, 0.3) is 0 Å². The van der Waals surface area contributed by atoms with Gasteiger partial charge < -0.3 is 24.7 Å². The second-order valence-corrected chi connectivity index (χ2v) is 12.9. The summed E-state index contributed by atoms with van der Waals surface area (Å²) in [6.45, 7) is 0.713. The van der Waals surface area contributed by atoms with Crippen molar-refractivity contribution < 1.29 is 67.8 Å². The number of amides is 3. The molecule has 4 aromatic carbocycles. The fraction of sp³-hybridized carbons (Fsp3) is 0.275. The number of cyclic esters (lactones) is 1. The number of hydrogen-bond donors (Lipinski definition) is 1. The van der Waals surface area contributed by atoms with Gasteiger partial charge in [0.2, 0.25) is 17.5 Å². The fourth-order valence-corrected chi connectivity index (χ4v) is 6.85. The number of para-hydroxylation sites is 1. The van der Waals surface area contributed by atoms with Crippen LogP contribution in [-0.2, 0) is 42.2 Å². The Morgan fingerprint density at radius 2 is 1.54 bits per heavy atom. The molecule has 0 spiro atoms. The number of hydrogen-bond acceptors (Lipinski definition) is 8. The molecule has 0 aliphatic carbocycles. The summed E-state index contributed by atoms with van der Waals surface area (Å²) in [6.07, 6.45) is -0.932. The van der Waals surface area contributed by atoms with Crippen LogP contribution in [0, 0.1) is 23.3 Å². The maximum Gasteiger partial charge on any atom is 0.416 e. The minimum Gasteiger partial charge on any atom is -0.625 e. The average molecular weight is 818 g/mol. The van der Waals surface area contributed by atoms with Crippen molar-refractivity contribution >= 4 is 35.3 Å². The summed E-state index contributed by atoms with van der Waals surface area (Å²) in [4.78, 5) is 59.7. The van der Waals surface area contributed by atoms with E-state index in [-0.39, 0.29) is 52.2 Å². The van der Waals surface area contributed by atoms with E-state index in [9.17, 15) is 24.3 Å². The van der Waals surface area contributed by atoms with Crippen molar-refractivity contribution in [3.8, 4) is 5.75 Å². The first kappa shape index (κ1) is 41.6. The van der Waals surface area contributed by atoms with Crippen molar-refractivity contribution in [1.82, 2.24) is 9.80 Å². The third kappa shape index (κ3) is 8.76. The van der Waals surface area contributed by atoms with Crippen molar-refractivity contribution in [3.05, 3.63) is 136 Å². The van der Waals surface area contributed by atoms with Crippen LogP contribution < -0.4 is 4.74 Å². The molecule has 2 saturated heterocycles. The van der Waals surface area contributed by atoms with Crippen molar-refractivity contribution in [2.45, 2.75) is 43.8 Å². The van der Waals surface area contributed by atoms with E-state index in [1.807, 2.05) is 35.2 Å². The number of aliphatic carboxylic acids is 1. The van der Waals surface area contributed by atoms with Gasteiger partial charge in [-0.3, -0.25) is 14.7 Å². The molecule has 16 heteroatoms. The summed E-state index contributed by atoms with van der Waals surface area (Å²) in [6, 6.07) is 21.0. The van der Waals surface area contributed by atoms with E-state index in [0.717, 1.165) is 19.1 Å². The van der Waals surface area contributed by atoms with Crippen LogP contribution >= 0.6 is 0 Å². The number of ether oxygens (including phenoxy) is 2. The molecule has 2 aliphatic heterocycles. The second kappa shape index (κ2) is 18.4. The zero-order valence-electron chi connectivity index (χ0n) is 29.8. The number of carbonyl (C=O) groups excluding carboxylic acids is 3. The van der Waals surface area contributed by atoms with Gasteiger partial charge in [-0.25, -0.2) is 23.3 Å². The number of carboxylic acids is 1.